The molecule has 0 unspecified atom stereocenters. The van der Waals surface area contributed by atoms with Crippen molar-refractivity contribution in [1.29, 1.82) is 0 Å². The van der Waals surface area contributed by atoms with E-state index in [-0.39, 0.29) is 11.9 Å². The van der Waals surface area contributed by atoms with Gasteiger partial charge in [0, 0.05) is 11.6 Å². The van der Waals surface area contributed by atoms with Gasteiger partial charge in [-0.1, -0.05) is 29.8 Å². The maximum absolute atomic E-state index is 12.7. The highest BCUT2D eigenvalue weighted by Crippen LogP contribution is 2.28. The zero-order chi connectivity index (χ0) is 18.7. The normalized spacial score (nSPS) is 10.8. The third kappa shape index (κ3) is 3.73. The van der Waals surface area contributed by atoms with Gasteiger partial charge in [0.25, 0.3) is 5.91 Å². The fourth-order valence-corrected chi connectivity index (χ4v) is 2.83. The van der Waals surface area contributed by atoms with Crippen molar-refractivity contribution in [3.63, 3.8) is 0 Å². The number of carbonyl (C=O) groups is 1. The fraction of sp³-hybridized carbons (Fsp3) is 0.200. The highest BCUT2D eigenvalue weighted by Gasteiger charge is 2.19. The van der Waals surface area contributed by atoms with Gasteiger partial charge in [0.15, 0.2) is 0 Å². The molecule has 0 atom stereocenters. The summed E-state index contributed by atoms with van der Waals surface area (Å²) >= 11 is 6.30. The molecule has 2 aromatic carbocycles. The molecule has 1 amide bonds. The molecule has 134 valence electrons. The molecule has 5 nitrogen and oxygen atoms in total. The molecule has 0 bridgehead atoms. The van der Waals surface area contributed by atoms with Crippen LogP contribution >= 0.6 is 11.6 Å². The number of halogens is 1. The molecule has 3 aromatic rings. The summed E-state index contributed by atoms with van der Waals surface area (Å²) in [6, 6.07) is 16.6. The van der Waals surface area contributed by atoms with Gasteiger partial charge >= 0.3 is 0 Å². The van der Waals surface area contributed by atoms with E-state index >= 15 is 0 Å². The second-order valence-electron chi connectivity index (χ2n) is 6.13. The Morgan fingerprint density at radius 3 is 2.46 bits per heavy atom. The Hall–Kier alpha value is -2.79. The van der Waals surface area contributed by atoms with Crippen molar-refractivity contribution in [2.24, 2.45) is 0 Å². The van der Waals surface area contributed by atoms with Crippen molar-refractivity contribution >= 4 is 17.5 Å². The number of nitrogens with zero attached hydrogens (tertiary/aromatic N) is 2. The van der Waals surface area contributed by atoms with Gasteiger partial charge in [-0.15, -0.1) is 0 Å². The molecule has 6 heteroatoms. The second-order valence-corrected chi connectivity index (χ2v) is 6.54. The number of hydrogen-bond donors (Lipinski definition) is 1. The number of rotatable bonds is 5. The first-order chi connectivity index (χ1) is 12.5. The van der Waals surface area contributed by atoms with Crippen LogP contribution in [-0.4, -0.2) is 28.8 Å². The van der Waals surface area contributed by atoms with E-state index < -0.39 is 0 Å². The molecule has 3 rings (SSSR count). The zero-order valence-electron chi connectivity index (χ0n) is 14.9. The number of amides is 1. The number of aromatic nitrogens is 2. The van der Waals surface area contributed by atoms with E-state index in [2.05, 4.69) is 10.4 Å². The number of carbonyl (C=O) groups excluding carboxylic acids is 1. The average Bonchev–Trinajstić information content (AvgIpc) is 3.07. The third-order valence-electron chi connectivity index (χ3n) is 3.83. The standard InChI is InChI=1S/C20H20ClN3O2/c1-13(2)22-20(25)19-12-18(16-6-4-5-7-17(16)21)23-24(19)14-8-10-15(26-3)11-9-14/h4-13H,1-3H3,(H,22,25). The van der Waals surface area contributed by atoms with E-state index in [0.717, 1.165) is 17.0 Å². The Balaban J connectivity index is 2.11. The number of nitrogens with one attached hydrogen (secondary N) is 1. The molecule has 0 saturated carbocycles. The highest BCUT2D eigenvalue weighted by atomic mass is 35.5. The van der Waals surface area contributed by atoms with E-state index in [0.29, 0.717) is 16.4 Å². The molecular weight excluding hydrogens is 350 g/mol. The number of methoxy groups -OCH3 is 1. The highest BCUT2D eigenvalue weighted by molar-refractivity contribution is 6.33. The third-order valence-corrected chi connectivity index (χ3v) is 4.16. The monoisotopic (exact) mass is 369 g/mol. The van der Waals surface area contributed by atoms with E-state index in [1.807, 2.05) is 56.3 Å². The summed E-state index contributed by atoms with van der Waals surface area (Å²) in [4.78, 5) is 12.7. The fourth-order valence-electron chi connectivity index (χ4n) is 2.60. The van der Waals surface area contributed by atoms with Crippen LogP contribution in [0.1, 0.15) is 24.3 Å². The van der Waals surface area contributed by atoms with Crippen LogP contribution in [0.2, 0.25) is 5.02 Å². The van der Waals surface area contributed by atoms with Gasteiger partial charge in [0.05, 0.1) is 23.5 Å². The average molecular weight is 370 g/mol. The van der Waals surface area contributed by atoms with Crippen LogP contribution in [0.3, 0.4) is 0 Å². The van der Waals surface area contributed by atoms with Crippen LogP contribution in [0.15, 0.2) is 54.6 Å². The van der Waals surface area contributed by atoms with Crippen molar-refractivity contribution in [1.82, 2.24) is 15.1 Å². The lowest BCUT2D eigenvalue weighted by molar-refractivity contribution is 0.0935. The lowest BCUT2D eigenvalue weighted by atomic mass is 10.1. The number of ether oxygens (including phenoxy) is 1. The predicted octanol–water partition coefficient (Wildman–Crippen LogP) is 4.34. The lowest BCUT2D eigenvalue weighted by Gasteiger charge is -2.10. The molecule has 1 heterocycles. The Kier molecular flexibility index (Phi) is 5.28. The molecule has 0 saturated heterocycles. The lowest BCUT2D eigenvalue weighted by Crippen LogP contribution is -2.31. The summed E-state index contributed by atoms with van der Waals surface area (Å²) in [5.74, 6) is 0.544. The van der Waals surface area contributed by atoms with Crippen LogP contribution in [0.5, 0.6) is 5.75 Å². The largest absolute Gasteiger partial charge is 0.497 e. The maximum atomic E-state index is 12.7. The summed E-state index contributed by atoms with van der Waals surface area (Å²) in [5, 5.41) is 8.13. The van der Waals surface area contributed by atoms with Gasteiger partial charge in [0.1, 0.15) is 11.4 Å². The Labute approximate surface area is 157 Å². The van der Waals surface area contributed by atoms with Crippen LogP contribution in [-0.2, 0) is 0 Å². The molecule has 0 aliphatic heterocycles. The minimum atomic E-state index is -0.193. The van der Waals surface area contributed by atoms with E-state index in [1.165, 1.54) is 0 Å². The molecule has 0 aliphatic rings. The quantitative estimate of drug-likeness (QED) is 0.727. The van der Waals surface area contributed by atoms with E-state index in [4.69, 9.17) is 16.3 Å². The van der Waals surface area contributed by atoms with E-state index in [1.54, 1.807) is 23.9 Å². The van der Waals surface area contributed by atoms with Crippen molar-refractivity contribution in [3.05, 3.63) is 65.3 Å². The van der Waals surface area contributed by atoms with Gasteiger partial charge in [-0.2, -0.15) is 5.10 Å². The van der Waals surface area contributed by atoms with Crippen molar-refractivity contribution in [3.8, 4) is 22.7 Å². The van der Waals surface area contributed by atoms with Crippen LogP contribution < -0.4 is 10.1 Å². The number of benzene rings is 2. The minimum Gasteiger partial charge on any atom is -0.497 e. The summed E-state index contributed by atoms with van der Waals surface area (Å²) < 4.78 is 6.82. The molecule has 0 fully saturated rings. The minimum absolute atomic E-state index is 0.0190. The Bertz CT molecular complexity index is 917. The molecule has 0 spiro atoms. The predicted molar refractivity (Wildman–Crippen MR) is 103 cm³/mol. The zero-order valence-corrected chi connectivity index (χ0v) is 15.6. The molecule has 26 heavy (non-hydrogen) atoms. The summed E-state index contributed by atoms with van der Waals surface area (Å²) in [5.41, 5.74) is 2.62. The first-order valence-corrected chi connectivity index (χ1v) is 8.67. The SMILES string of the molecule is COc1ccc(-n2nc(-c3ccccc3Cl)cc2C(=O)NC(C)C)cc1. The molecule has 1 aromatic heterocycles. The van der Waals surface area contributed by atoms with Gasteiger partial charge < -0.3 is 10.1 Å². The summed E-state index contributed by atoms with van der Waals surface area (Å²) in [6.07, 6.45) is 0. The van der Waals surface area contributed by atoms with Crippen LogP contribution in [0.4, 0.5) is 0 Å². The molecular formula is C20H20ClN3O2. The Morgan fingerprint density at radius 2 is 1.85 bits per heavy atom. The number of hydrogen-bond acceptors (Lipinski definition) is 3. The van der Waals surface area contributed by atoms with E-state index in [9.17, 15) is 4.79 Å². The van der Waals surface area contributed by atoms with Gasteiger partial charge in [-0.25, -0.2) is 4.68 Å². The van der Waals surface area contributed by atoms with Crippen LogP contribution in [0.25, 0.3) is 16.9 Å². The maximum Gasteiger partial charge on any atom is 0.270 e. The van der Waals surface area contributed by atoms with Gasteiger partial charge in [-0.05, 0) is 50.2 Å². The smallest absolute Gasteiger partial charge is 0.270 e. The van der Waals surface area contributed by atoms with Crippen molar-refractivity contribution < 1.29 is 9.53 Å². The second kappa shape index (κ2) is 7.62. The van der Waals surface area contributed by atoms with Crippen molar-refractivity contribution in [2.75, 3.05) is 7.11 Å². The first kappa shape index (κ1) is 18.0. The summed E-state index contributed by atoms with van der Waals surface area (Å²) in [7, 11) is 1.61. The van der Waals surface area contributed by atoms with Gasteiger partial charge in [0.2, 0.25) is 0 Å². The van der Waals surface area contributed by atoms with Gasteiger partial charge in [-0.3, -0.25) is 4.79 Å². The van der Waals surface area contributed by atoms with Crippen LogP contribution in [0, 0.1) is 0 Å². The first-order valence-electron chi connectivity index (χ1n) is 8.30. The molecule has 0 aliphatic carbocycles. The Morgan fingerprint density at radius 1 is 1.15 bits per heavy atom. The topological polar surface area (TPSA) is 56.2 Å². The van der Waals surface area contributed by atoms with Crippen molar-refractivity contribution in [2.45, 2.75) is 19.9 Å². The molecule has 0 radical (unpaired) electrons. The summed E-state index contributed by atoms with van der Waals surface area (Å²) in [6.45, 7) is 3.84. The molecule has 1 N–H and O–H groups in total.